The number of aryl methyl sites for hydroxylation is 1. The third kappa shape index (κ3) is 2.62. The summed E-state index contributed by atoms with van der Waals surface area (Å²) < 4.78 is 6.92. The summed E-state index contributed by atoms with van der Waals surface area (Å²) >= 11 is 1.59. The van der Waals surface area contributed by atoms with Crippen LogP contribution in [0.1, 0.15) is 29.6 Å². The lowest BCUT2D eigenvalue weighted by molar-refractivity contribution is 0.373. The van der Waals surface area contributed by atoms with Gasteiger partial charge in [-0.05, 0) is 48.3 Å². The van der Waals surface area contributed by atoms with Gasteiger partial charge in [0.2, 0.25) is 0 Å². The fraction of sp³-hybridized carbons (Fsp3) is 0.263. The molecule has 0 unspecified atom stereocenters. The quantitative estimate of drug-likeness (QED) is 0.779. The molecule has 4 rings (SSSR count). The first-order valence-corrected chi connectivity index (χ1v) is 9.03. The standard InChI is InChI=1S/C19H18N2O3S/c1-3-13-10-14-18(25-13)20-17-12(6-7-21(17)19(14)23)8-11-4-5-15(22)16(9-11)24-2/h4-5,8-10,22H,3,6-7H2,1-2H3. The van der Waals surface area contributed by atoms with Crippen LogP contribution in [0.3, 0.4) is 0 Å². The number of rotatable bonds is 3. The lowest BCUT2D eigenvalue weighted by Crippen LogP contribution is -2.19. The summed E-state index contributed by atoms with van der Waals surface area (Å²) in [5, 5.41) is 10.5. The molecule has 0 spiro atoms. The molecule has 5 nitrogen and oxygen atoms in total. The van der Waals surface area contributed by atoms with E-state index in [2.05, 4.69) is 6.92 Å². The second-order valence-corrected chi connectivity index (χ2v) is 7.14. The summed E-state index contributed by atoms with van der Waals surface area (Å²) in [6.07, 6.45) is 3.68. The average Bonchev–Trinajstić information content (AvgIpc) is 3.21. The number of phenolic OH excluding ortho intramolecular Hbond substituents is 1. The Balaban J connectivity index is 1.83. The van der Waals surface area contributed by atoms with E-state index >= 15 is 0 Å². The minimum atomic E-state index is 0.0441. The van der Waals surface area contributed by atoms with Crippen LogP contribution >= 0.6 is 11.3 Å². The van der Waals surface area contributed by atoms with Crippen molar-refractivity contribution in [2.75, 3.05) is 7.11 Å². The van der Waals surface area contributed by atoms with Gasteiger partial charge in [0, 0.05) is 11.4 Å². The van der Waals surface area contributed by atoms with Crippen LogP contribution in [0.25, 0.3) is 21.9 Å². The molecule has 0 atom stereocenters. The minimum Gasteiger partial charge on any atom is -0.504 e. The number of nitrogens with zero attached hydrogens (tertiary/aromatic N) is 2. The number of thiophene rings is 1. The Morgan fingerprint density at radius 3 is 3.00 bits per heavy atom. The van der Waals surface area contributed by atoms with Gasteiger partial charge in [0.25, 0.3) is 5.56 Å². The number of allylic oxidation sites excluding steroid dienone is 1. The molecule has 0 amide bonds. The van der Waals surface area contributed by atoms with Crippen molar-refractivity contribution in [1.29, 1.82) is 0 Å². The van der Waals surface area contributed by atoms with Gasteiger partial charge in [-0.2, -0.15) is 0 Å². The van der Waals surface area contributed by atoms with E-state index in [-0.39, 0.29) is 11.3 Å². The predicted molar refractivity (Wildman–Crippen MR) is 100 cm³/mol. The maximum atomic E-state index is 12.7. The van der Waals surface area contributed by atoms with Crippen molar-refractivity contribution in [3.05, 3.63) is 50.9 Å². The number of methoxy groups -OCH3 is 1. The van der Waals surface area contributed by atoms with Gasteiger partial charge in [-0.25, -0.2) is 4.98 Å². The molecule has 0 bridgehead atoms. The molecule has 0 saturated heterocycles. The smallest absolute Gasteiger partial charge is 0.262 e. The zero-order valence-electron chi connectivity index (χ0n) is 14.1. The van der Waals surface area contributed by atoms with Crippen molar-refractivity contribution in [2.45, 2.75) is 26.3 Å². The third-order valence-corrected chi connectivity index (χ3v) is 5.66. The highest BCUT2D eigenvalue weighted by molar-refractivity contribution is 7.18. The van der Waals surface area contributed by atoms with Crippen molar-refractivity contribution >= 4 is 33.2 Å². The molecule has 3 aromatic rings. The fourth-order valence-electron chi connectivity index (χ4n) is 3.16. The van der Waals surface area contributed by atoms with Crippen LogP contribution < -0.4 is 10.3 Å². The van der Waals surface area contributed by atoms with E-state index in [0.717, 1.165) is 40.0 Å². The number of benzene rings is 1. The van der Waals surface area contributed by atoms with Gasteiger partial charge >= 0.3 is 0 Å². The van der Waals surface area contributed by atoms with Crippen LogP contribution in [0.4, 0.5) is 0 Å². The van der Waals surface area contributed by atoms with Crippen LogP contribution in [0, 0.1) is 0 Å². The van der Waals surface area contributed by atoms with Crippen molar-refractivity contribution in [3.63, 3.8) is 0 Å². The summed E-state index contributed by atoms with van der Waals surface area (Å²) in [5.74, 6) is 1.28. The van der Waals surface area contributed by atoms with E-state index in [1.165, 1.54) is 12.0 Å². The number of aromatic nitrogens is 2. The van der Waals surface area contributed by atoms with E-state index in [4.69, 9.17) is 9.72 Å². The van der Waals surface area contributed by atoms with Gasteiger partial charge < -0.3 is 9.84 Å². The summed E-state index contributed by atoms with van der Waals surface area (Å²) in [5.41, 5.74) is 1.98. The first-order valence-electron chi connectivity index (χ1n) is 8.22. The Kier molecular flexibility index (Phi) is 3.84. The number of hydrogen-bond acceptors (Lipinski definition) is 5. The van der Waals surface area contributed by atoms with Gasteiger partial charge in [-0.1, -0.05) is 13.0 Å². The van der Waals surface area contributed by atoms with Crippen molar-refractivity contribution in [1.82, 2.24) is 9.55 Å². The maximum absolute atomic E-state index is 12.7. The lowest BCUT2D eigenvalue weighted by atomic mass is 10.1. The SMILES string of the molecule is CCc1cc2c(=O)n3c(nc2s1)C(=Cc1ccc(O)c(OC)c1)CC3. The fourth-order valence-corrected chi connectivity index (χ4v) is 4.12. The molecule has 1 aromatic carbocycles. The van der Waals surface area contributed by atoms with Crippen LogP contribution in [0.15, 0.2) is 29.1 Å². The van der Waals surface area contributed by atoms with Gasteiger partial charge in [0.05, 0.1) is 12.5 Å². The van der Waals surface area contributed by atoms with E-state index in [9.17, 15) is 9.90 Å². The molecule has 0 fully saturated rings. The van der Waals surface area contributed by atoms with Gasteiger partial charge in [0.15, 0.2) is 11.5 Å². The van der Waals surface area contributed by atoms with Crippen molar-refractivity contribution in [2.24, 2.45) is 0 Å². The topological polar surface area (TPSA) is 64.4 Å². The maximum Gasteiger partial charge on any atom is 0.262 e. The molecular weight excluding hydrogens is 336 g/mol. The Bertz CT molecular complexity index is 1060. The van der Waals surface area contributed by atoms with Crippen LogP contribution in [-0.2, 0) is 13.0 Å². The number of fused-ring (bicyclic) bond motifs is 2. The zero-order valence-corrected chi connectivity index (χ0v) is 14.9. The Hall–Kier alpha value is -2.60. The normalized spacial score (nSPS) is 15.0. The number of aromatic hydroxyl groups is 1. The number of phenols is 1. The molecule has 1 N–H and O–H groups in total. The Labute approximate surface area is 148 Å². The molecule has 0 saturated carbocycles. The highest BCUT2D eigenvalue weighted by Crippen LogP contribution is 2.32. The Morgan fingerprint density at radius 2 is 2.24 bits per heavy atom. The first kappa shape index (κ1) is 15.9. The molecule has 25 heavy (non-hydrogen) atoms. The molecule has 0 radical (unpaired) electrons. The van der Waals surface area contributed by atoms with Crippen LogP contribution in [0.5, 0.6) is 11.5 Å². The summed E-state index contributed by atoms with van der Waals surface area (Å²) in [6.45, 7) is 2.73. The molecule has 3 heterocycles. The lowest BCUT2D eigenvalue weighted by Gasteiger charge is -2.05. The molecule has 128 valence electrons. The average molecular weight is 354 g/mol. The van der Waals surface area contributed by atoms with E-state index in [1.54, 1.807) is 28.0 Å². The van der Waals surface area contributed by atoms with E-state index < -0.39 is 0 Å². The van der Waals surface area contributed by atoms with Gasteiger partial charge in [-0.3, -0.25) is 9.36 Å². The highest BCUT2D eigenvalue weighted by Gasteiger charge is 2.22. The van der Waals surface area contributed by atoms with Crippen LogP contribution in [0.2, 0.25) is 0 Å². The summed E-state index contributed by atoms with van der Waals surface area (Å²) in [6, 6.07) is 7.18. The van der Waals surface area contributed by atoms with Crippen LogP contribution in [-0.4, -0.2) is 21.8 Å². The second-order valence-electron chi connectivity index (χ2n) is 6.03. The molecular formula is C19H18N2O3S. The minimum absolute atomic E-state index is 0.0441. The summed E-state index contributed by atoms with van der Waals surface area (Å²) in [7, 11) is 1.52. The Morgan fingerprint density at radius 1 is 1.40 bits per heavy atom. The molecule has 1 aliphatic heterocycles. The zero-order chi connectivity index (χ0) is 17.6. The molecule has 6 heteroatoms. The van der Waals surface area contributed by atoms with Gasteiger partial charge in [-0.15, -0.1) is 11.3 Å². The van der Waals surface area contributed by atoms with E-state index in [1.807, 2.05) is 18.2 Å². The largest absolute Gasteiger partial charge is 0.504 e. The summed E-state index contributed by atoms with van der Waals surface area (Å²) in [4.78, 5) is 19.5. The number of hydrogen-bond donors (Lipinski definition) is 1. The monoisotopic (exact) mass is 354 g/mol. The number of ether oxygens (including phenoxy) is 1. The van der Waals surface area contributed by atoms with Crippen molar-refractivity contribution < 1.29 is 9.84 Å². The van der Waals surface area contributed by atoms with Crippen molar-refractivity contribution in [3.8, 4) is 11.5 Å². The molecule has 1 aliphatic rings. The second kappa shape index (κ2) is 6.04. The molecule has 0 aliphatic carbocycles. The van der Waals surface area contributed by atoms with Gasteiger partial charge in [0.1, 0.15) is 10.7 Å². The first-order chi connectivity index (χ1) is 12.1. The third-order valence-electron chi connectivity index (χ3n) is 4.49. The predicted octanol–water partition coefficient (Wildman–Crippen LogP) is 3.68. The highest BCUT2D eigenvalue weighted by atomic mass is 32.1. The van der Waals surface area contributed by atoms with E-state index in [0.29, 0.717) is 12.3 Å². The molecule has 2 aromatic heterocycles.